The van der Waals surface area contributed by atoms with Gasteiger partial charge < -0.3 is 9.30 Å². The van der Waals surface area contributed by atoms with E-state index in [-0.39, 0.29) is 17.7 Å². The van der Waals surface area contributed by atoms with Crippen LogP contribution in [0.4, 0.5) is 0 Å². The molecular weight excluding hydrogens is 394 g/mol. The Morgan fingerprint density at radius 2 is 2.03 bits per heavy atom. The van der Waals surface area contributed by atoms with E-state index in [1.807, 2.05) is 47.5 Å². The van der Waals surface area contributed by atoms with Gasteiger partial charge in [-0.1, -0.05) is 13.0 Å². The quantitative estimate of drug-likeness (QED) is 0.635. The smallest absolute Gasteiger partial charge is 0.265 e. The fourth-order valence-electron chi connectivity index (χ4n) is 3.54. The molecule has 1 unspecified atom stereocenters. The van der Waals surface area contributed by atoms with Crippen molar-refractivity contribution in [3.05, 3.63) is 36.3 Å². The molecule has 3 heterocycles. The number of hydrogen-bond acceptors (Lipinski definition) is 6. The number of benzene rings is 1. The first-order chi connectivity index (χ1) is 13.7. The van der Waals surface area contributed by atoms with Gasteiger partial charge in [-0.25, -0.2) is 14.6 Å². The van der Waals surface area contributed by atoms with Gasteiger partial charge in [0.25, 0.3) is 10.1 Å². The van der Waals surface area contributed by atoms with Crippen molar-refractivity contribution in [2.24, 2.45) is 0 Å². The zero-order chi connectivity index (χ0) is 20.8. The lowest BCUT2D eigenvalue weighted by atomic mass is 10.00. The van der Waals surface area contributed by atoms with Crippen LogP contribution in [0.15, 0.2) is 30.7 Å². The van der Waals surface area contributed by atoms with Crippen molar-refractivity contribution in [2.45, 2.75) is 39.3 Å². The predicted octanol–water partition coefficient (Wildman–Crippen LogP) is 2.77. The van der Waals surface area contributed by atoms with Gasteiger partial charge in [-0.05, 0) is 37.5 Å². The molecule has 4 rings (SSSR count). The van der Waals surface area contributed by atoms with Gasteiger partial charge in [-0.2, -0.15) is 13.5 Å². The Balaban J connectivity index is 1.78. The first kappa shape index (κ1) is 19.6. The molecular formula is C19H23N5O4S. The summed E-state index contributed by atoms with van der Waals surface area (Å²) >= 11 is 0. The standard InChI is InChI=1S/C19H23N5O4S/c1-12(2)24-19(20-11-21-24)16-9-23-6-7-28-17-5-4-14(8-15(17)18(23)22-16)13(3)10-29(25,26)27/h4-5,8-9,11-13H,6-7,10H2,1-3H3,(H,25,26,27). The van der Waals surface area contributed by atoms with E-state index in [2.05, 4.69) is 10.1 Å². The highest BCUT2D eigenvalue weighted by Crippen LogP contribution is 2.36. The first-order valence-corrected chi connectivity index (χ1v) is 11.0. The van der Waals surface area contributed by atoms with Crippen LogP contribution in [-0.2, 0) is 16.7 Å². The van der Waals surface area contributed by atoms with Gasteiger partial charge in [0.1, 0.15) is 30.2 Å². The van der Waals surface area contributed by atoms with E-state index >= 15 is 0 Å². The molecule has 0 amide bonds. The summed E-state index contributed by atoms with van der Waals surface area (Å²) in [4.78, 5) is 9.17. The summed E-state index contributed by atoms with van der Waals surface area (Å²) in [5, 5.41) is 4.28. The molecule has 3 aromatic rings. The van der Waals surface area contributed by atoms with Gasteiger partial charge in [0, 0.05) is 12.2 Å². The summed E-state index contributed by atoms with van der Waals surface area (Å²) in [6.07, 6.45) is 3.46. The number of fused-ring (bicyclic) bond motifs is 3. The molecule has 1 atom stereocenters. The number of imidazole rings is 1. The molecule has 0 aliphatic carbocycles. The molecule has 29 heavy (non-hydrogen) atoms. The van der Waals surface area contributed by atoms with Crippen molar-refractivity contribution in [2.75, 3.05) is 12.4 Å². The average molecular weight is 417 g/mol. The first-order valence-electron chi connectivity index (χ1n) is 9.42. The Labute approximate surface area is 169 Å². The topological polar surface area (TPSA) is 112 Å². The van der Waals surface area contributed by atoms with Gasteiger partial charge in [-0.3, -0.25) is 4.55 Å². The van der Waals surface area contributed by atoms with E-state index in [0.717, 1.165) is 22.6 Å². The van der Waals surface area contributed by atoms with Crippen molar-refractivity contribution in [1.29, 1.82) is 0 Å². The number of rotatable bonds is 5. The highest BCUT2D eigenvalue weighted by molar-refractivity contribution is 7.85. The van der Waals surface area contributed by atoms with Crippen LogP contribution < -0.4 is 4.74 Å². The summed E-state index contributed by atoms with van der Waals surface area (Å²) in [5.74, 6) is 1.40. The zero-order valence-electron chi connectivity index (χ0n) is 16.5. The minimum absolute atomic E-state index is 0.150. The van der Waals surface area contributed by atoms with Crippen LogP contribution >= 0.6 is 0 Å². The number of nitrogens with zero attached hydrogens (tertiary/aromatic N) is 5. The molecule has 9 nitrogen and oxygen atoms in total. The monoisotopic (exact) mass is 417 g/mol. The Morgan fingerprint density at radius 3 is 2.76 bits per heavy atom. The van der Waals surface area contributed by atoms with Crippen LogP contribution in [0.1, 0.15) is 38.3 Å². The summed E-state index contributed by atoms with van der Waals surface area (Å²) in [6.45, 7) is 6.95. The highest BCUT2D eigenvalue weighted by atomic mass is 32.2. The third-order valence-electron chi connectivity index (χ3n) is 4.93. The largest absolute Gasteiger partial charge is 0.491 e. The lowest BCUT2D eigenvalue weighted by Gasteiger charge is -2.13. The van der Waals surface area contributed by atoms with E-state index in [9.17, 15) is 13.0 Å². The van der Waals surface area contributed by atoms with Crippen molar-refractivity contribution in [3.8, 4) is 28.7 Å². The second kappa shape index (κ2) is 7.27. The Kier molecular flexibility index (Phi) is 4.91. The summed E-state index contributed by atoms with van der Waals surface area (Å²) < 4.78 is 41.4. The number of aromatic nitrogens is 5. The van der Waals surface area contributed by atoms with E-state index in [4.69, 9.17) is 9.72 Å². The van der Waals surface area contributed by atoms with E-state index < -0.39 is 10.1 Å². The molecule has 154 valence electrons. The molecule has 0 radical (unpaired) electrons. The second-order valence-electron chi connectivity index (χ2n) is 7.52. The van der Waals surface area contributed by atoms with Crippen LogP contribution in [-0.4, -0.2) is 49.6 Å². The molecule has 0 saturated carbocycles. The number of hydrogen-bond donors (Lipinski definition) is 1. The third kappa shape index (κ3) is 3.90. The van der Waals surface area contributed by atoms with Crippen LogP contribution in [0.5, 0.6) is 5.75 Å². The van der Waals surface area contributed by atoms with E-state index in [1.54, 1.807) is 6.92 Å². The van der Waals surface area contributed by atoms with E-state index in [1.165, 1.54) is 6.33 Å². The van der Waals surface area contributed by atoms with Crippen LogP contribution in [0.25, 0.3) is 22.9 Å². The second-order valence-corrected chi connectivity index (χ2v) is 9.02. The molecule has 1 aliphatic heterocycles. The van der Waals surface area contributed by atoms with Gasteiger partial charge >= 0.3 is 0 Å². The molecule has 1 N–H and O–H groups in total. The van der Waals surface area contributed by atoms with Crippen molar-refractivity contribution < 1.29 is 17.7 Å². The van der Waals surface area contributed by atoms with E-state index in [0.29, 0.717) is 24.7 Å². The highest BCUT2D eigenvalue weighted by Gasteiger charge is 2.23. The third-order valence-corrected chi connectivity index (χ3v) is 5.85. The maximum atomic E-state index is 11.3. The number of ether oxygens (including phenoxy) is 1. The Morgan fingerprint density at radius 1 is 1.24 bits per heavy atom. The molecule has 0 spiro atoms. The molecule has 0 saturated heterocycles. The zero-order valence-corrected chi connectivity index (χ0v) is 17.3. The maximum absolute atomic E-state index is 11.3. The van der Waals surface area contributed by atoms with Crippen molar-refractivity contribution >= 4 is 10.1 Å². The Hall–Kier alpha value is -2.72. The van der Waals surface area contributed by atoms with Gasteiger partial charge in [0.15, 0.2) is 5.82 Å². The van der Waals surface area contributed by atoms with Crippen molar-refractivity contribution in [3.63, 3.8) is 0 Å². The SMILES string of the molecule is CC(CS(=O)(=O)O)c1ccc2c(c1)-c1nc(-c3ncnn3C(C)C)cn1CCO2. The molecule has 1 aliphatic rings. The molecule has 10 heteroatoms. The molecule has 0 bridgehead atoms. The minimum Gasteiger partial charge on any atom is -0.491 e. The fraction of sp³-hybridized carbons (Fsp3) is 0.421. The average Bonchev–Trinajstić information content (AvgIpc) is 3.24. The normalized spacial score (nSPS) is 14.8. The van der Waals surface area contributed by atoms with Gasteiger partial charge in [0.05, 0.1) is 17.9 Å². The van der Waals surface area contributed by atoms with Crippen molar-refractivity contribution in [1.82, 2.24) is 24.3 Å². The fourth-order valence-corrected chi connectivity index (χ4v) is 4.37. The van der Waals surface area contributed by atoms with Gasteiger partial charge in [0.2, 0.25) is 0 Å². The maximum Gasteiger partial charge on any atom is 0.265 e. The molecule has 0 fully saturated rings. The summed E-state index contributed by atoms with van der Waals surface area (Å²) in [6, 6.07) is 5.68. The van der Waals surface area contributed by atoms with Crippen LogP contribution in [0.3, 0.4) is 0 Å². The van der Waals surface area contributed by atoms with Gasteiger partial charge in [-0.15, -0.1) is 0 Å². The predicted molar refractivity (Wildman–Crippen MR) is 107 cm³/mol. The lowest BCUT2D eigenvalue weighted by Crippen LogP contribution is -2.11. The summed E-state index contributed by atoms with van der Waals surface area (Å²) in [7, 11) is -4.07. The molecule has 2 aromatic heterocycles. The summed E-state index contributed by atoms with van der Waals surface area (Å²) in [5.41, 5.74) is 2.29. The van der Waals surface area contributed by atoms with Crippen LogP contribution in [0.2, 0.25) is 0 Å². The minimum atomic E-state index is -4.07. The lowest BCUT2D eigenvalue weighted by molar-refractivity contribution is 0.306. The van der Waals surface area contributed by atoms with Crippen LogP contribution in [0, 0.1) is 0 Å². The molecule has 1 aromatic carbocycles. The Bertz CT molecular complexity index is 1150.